The Kier molecular flexibility index (Phi) is 5.30. The van der Waals surface area contributed by atoms with Crippen LogP contribution in [0.3, 0.4) is 0 Å². The Hall–Kier alpha value is -1.91. The van der Waals surface area contributed by atoms with Crippen LogP contribution in [0.1, 0.15) is 30.0 Å². The predicted octanol–water partition coefficient (Wildman–Crippen LogP) is 1.77. The molecule has 0 fully saturated rings. The number of hydrogen-bond donors (Lipinski definition) is 2. The Morgan fingerprint density at radius 1 is 1.50 bits per heavy atom. The van der Waals surface area contributed by atoms with Gasteiger partial charge in [0.05, 0.1) is 0 Å². The lowest BCUT2D eigenvalue weighted by molar-refractivity contribution is 0.0953. The Morgan fingerprint density at radius 3 is 2.83 bits per heavy atom. The molecule has 0 saturated carbocycles. The Labute approximate surface area is 108 Å². The first-order valence-corrected chi connectivity index (χ1v) is 6.01. The largest absolute Gasteiger partial charge is 0.354 e. The summed E-state index contributed by atoms with van der Waals surface area (Å²) in [5.74, 6) is 0.771. The second-order valence-corrected chi connectivity index (χ2v) is 4.49. The molecule has 0 aliphatic carbocycles. The molecule has 1 aromatic rings. The third-order valence-electron chi connectivity index (χ3n) is 2.16. The molecule has 1 amide bonds. The van der Waals surface area contributed by atoms with Gasteiger partial charge in [0.2, 0.25) is 5.95 Å². The molecule has 2 N–H and O–H groups in total. The van der Waals surface area contributed by atoms with Gasteiger partial charge in [0.15, 0.2) is 0 Å². The molecule has 0 aliphatic rings. The second-order valence-electron chi connectivity index (χ2n) is 4.49. The molecule has 0 aliphatic heterocycles. The molecule has 1 heterocycles. The van der Waals surface area contributed by atoms with E-state index in [4.69, 9.17) is 0 Å². The number of aryl methyl sites for hydroxylation is 1. The van der Waals surface area contributed by atoms with E-state index < -0.39 is 0 Å². The van der Waals surface area contributed by atoms with Crippen molar-refractivity contribution in [1.82, 2.24) is 15.3 Å². The predicted molar refractivity (Wildman–Crippen MR) is 72.6 cm³/mol. The number of nitrogens with one attached hydrogen (secondary N) is 2. The first-order valence-electron chi connectivity index (χ1n) is 6.01. The average Bonchev–Trinajstić information content (AvgIpc) is 2.32. The summed E-state index contributed by atoms with van der Waals surface area (Å²) in [5, 5.41) is 5.81. The van der Waals surface area contributed by atoms with Crippen LogP contribution >= 0.6 is 0 Å². The molecule has 0 aromatic carbocycles. The minimum absolute atomic E-state index is 0.215. The number of amides is 1. The van der Waals surface area contributed by atoms with Crippen LogP contribution in [0.4, 0.5) is 5.95 Å². The lowest BCUT2D eigenvalue weighted by Crippen LogP contribution is -2.25. The molecule has 5 nitrogen and oxygen atoms in total. The lowest BCUT2D eigenvalue weighted by Gasteiger charge is -2.09. The molecule has 5 heteroatoms. The van der Waals surface area contributed by atoms with Crippen LogP contribution in [0.2, 0.25) is 0 Å². The number of anilines is 1. The maximum atomic E-state index is 11.8. The van der Waals surface area contributed by atoms with E-state index >= 15 is 0 Å². The molecular formula is C13H20N4O. The number of carbonyl (C=O) groups excluding carboxylic acids is 1. The Balaban J connectivity index is 2.79. The third-order valence-corrected chi connectivity index (χ3v) is 2.16. The molecule has 98 valence electrons. The summed E-state index contributed by atoms with van der Waals surface area (Å²) in [5.41, 5.74) is 1.13. The van der Waals surface area contributed by atoms with E-state index in [-0.39, 0.29) is 5.91 Å². The van der Waals surface area contributed by atoms with Gasteiger partial charge in [-0.05, 0) is 18.9 Å². The fourth-order valence-corrected chi connectivity index (χ4v) is 1.31. The van der Waals surface area contributed by atoms with Crippen molar-refractivity contribution in [1.29, 1.82) is 0 Å². The molecule has 0 saturated heterocycles. The summed E-state index contributed by atoms with van der Waals surface area (Å²) < 4.78 is 0. The molecular weight excluding hydrogens is 228 g/mol. The van der Waals surface area contributed by atoms with Gasteiger partial charge in [-0.1, -0.05) is 19.9 Å². The van der Waals surface area contributed by atoms with E-state index in [0.717, 1.165) is 12.2 Å². The summed E-state index contributed by atoms with van der Waals surface area (Å²) in [4.78, 5) is 20.2. The van der Waals surface area contributed by atoms with Crippen molar-refractivity contribution in [2.24, 2.45) is 5.92 Å². The second kappa shape index (κ2) is 6.74. The smallest absolute Gasteiger partial charge is 0.270 e. The molecule has 18 heavy (non-hydrogen) atoms. The molecule has 0 bridgehead atoms. The van der Waals surface area contributed by atoms with Crippen molar-refractivity contribution in [3.8, 4) is 0 Å². The van der Waals surface area contributed by atoms with Crippen LogP contribution in [0.25, 0.3) is 0 Å². The van der Waals surface area contributed by atoms with E-state index in [1.807, 2.05) is 6.92 Å². The maximum Gasteiger partial charge on any atom is 0.270 e. The van der Waals surface area contributed by atoms with Gasteiger partial charge in [-0.2, -0.15) is 0 Å². The topological polar surface area (TPSA) is 66.9 Å². The highest BCUT2D eigenvalue weighted by Gasteiger charge is 2.09. The van der Waals surface area contributed by atoms with Gasteiger partial charge in [0.25, 0.3) is 5.91 Å². The number of rotatable bonds is 6. The molecule has 0 unspecified atom stereocenters. The SMILES string of the molecule is C=CCNC(=O)c1cc(C)nc(NCC(C)C)n1. The van der Waals surface area contributed by atoms with Crippen molar-refractivity contribution >= 4 is 11.9 Å². The van der Waals surface area contributed by atoms with E-state index in [9.17, 15) is 4.79 Å². The number of hydrogen-bond acceptors (Lipinski definition) is 4. The minimum atomic E-state index is -0.215. The molecule has 1 rings (SSSR count). The number of carbonyl (C=O) groups is 1. The van der Waals surface area contributed by atoms with E-state index in [2.05, 4.69) is 41.0 Å². The van der Waals surface area contributed by atoms with Gasteiger partial charge in [0.1, 0.15) is 5.69 Å². The summed E-state index contributed by atoms with van der Waals surface area (Å²) in [6.45, 7) is 10.8. The fraction of sp³-hybridized carbons (Fsp3) is 0.462. The van der Waals surface area contributed by atoms with Crippen molar-refractivity contribution in [2.75, 3.05) is 18.4 Å². The lowest BCUT2D eigenvalue weighted by atomic mass is 10.2. The van der Waals surface area contributed by atoms with Crippen molar-refractivity contribution in [3.63, 3.8) is 0 Å². The third kappa shape index (κ3) is 4.53. The van der Waals surface area contributed by atoms with E-state index in [1.165, 1.54) is 0 Å². The van der Waals surface area contributed by atoms with Crippen LogP contribution in [-0.2, 0) is 0 Å². The van der Waals surface area contributed by atoms with Crippen molar-refractivity contribution < 1.29 is 4.79 Å². The van der Waals surface area contributed by atoms with Crippen molar-refractivity contribution in [2.45, 2.75) is 20.8 Å². The van der Waals surface area contributed by atoms with Gasteiger partial charge in [-0.25, -0.2) is 9.97 Å². The van der Waals surface area contributed by atoms with Crippen LogP contribution in [0.15, 0.2) is 18.7 Å². The number of aromatic nitrogens is 2. The van der Waals surface area contributed by atoms with Gasteiger partial charge in [0, 0.05) is 18.8 Å². The van der Waals surface area contributed by atoms with Gasteiger partial charge in [-0.3, -0.25) is 4.79 Å². The molecule has 0 atom stereocenters. The van der Waals surface area contributed by atoms with Crippen LogP contribution < -0.4 is 10.6 Å². The summed E-state index contributed by atoms with van der Waals surface area (Å²) in [6, 6.07) is 1.67. The van der Waals surface area contributed by atoms with Crippen molar-refractivity contribution in [3.05, 3.63) is 30.1 Å². The standard InChI is InChI=1S/C13H20N4O/c1-5-6-14-12(18)11-7-10(4)16-13(17-11)15-8-9(2)3/h5,7,9H,1,6,8H2,2-4H3,(H,14,18)(H,15,16,17). The summed E-state index contributed by atoms with van der Waals surface area (Å²) in [6.07, 6.45) is 1.63. The van der Waals surface area contributed by atoms with Gasteiger partial charge < -0.3 is 10.6 Å². The normalized spacial score (nSPS) is 10.2. The minimum Gasteiger partial charge on any atom is -0.354 e. The van der Waals surface area contributed by atoms with Crippen LogP contribution in [-0.4, -0.2) is 29.0 Å². The zero-order valence-corrected chi connectivity index (χ0v) is 11.2. The Bertz CT molecular complexity index is 429. The van der Waals surface area contributed by atoms with Gasteiger partial charge in [-0.15, -0.1) is 6.58 Å². The molecule has 1 aromatic heterocycles. The van der Waals surface area contributed by atoms with Gasteiger partial charge >= 0.3 is 0 Å². The zero-order chi connectivity index (χ0) is 13.5. The van der Waals surface area contributed by atoms with Crippen LogP contribution in [0, 0.1) is 12.8 Å². The quantitative estimate of drug-likeness (QED) is 0.753. The summed E-state index contributed by atoms with van der Waals surface area (Å²) in [7, 11) is 0. The maximum absolute atomic E-state index is 11.8. The monoisotopic (exact) mass is 248 g/mol. The highest BCUT2D eigenvalue weighted by atomic mass is 16.1. The highest BCUT2D eigenvalue weighted by Crippen LogP contribution is 2.06. The first kappa shape index (κ1) is 14.2. The Morgan fingerprint density at radius 2 is 2.22 bits per heavy atom. The fourth-order valence-electron chi connectivity index (χ4n) is 1.31. The van der Waals surface area contributed by atoms with E-state index in [0.29, 0.717) is 24.1 Å². The van der Waals surface area contributed by atoms with Crippen LogP contribution in [0.5, 0.6) is 0 Å². The average molecular weight is 248 g/mol. The first-order chi connectivity index (χ1) is 8.52. The van der Waals surface area contributed by atoms with E-state index in [1.54, 1.807) is 12.1 Å². The molecule has 0 spiro atoms. The highest BCUT2D eigenvalue weighted by molar-refractivity contribution is 5.92. The molecule has 0 radical (unpaired) electrons. The zero-order valence-electron chi connectivity index (χ0n) is 11.2. The summed E-state index contributed by atoms with van der Waals surface area (Å²) >= 11 is 0. The number of nitrogens with zero attached hydrogens (tertiary/aromatic N) is 2.